The van der Waals surface area contributed by atoms with Crippen LogP contribution in [0.3, 0.4) is 0 Å². The first-order valence-corrected chi connectivity index (χ1v) is 6.97. The lowest BCUT2D eigenvalue weighted by molar-refractivity contribution is 0.547. The van der Waals surface area contributed by atoms with Crippen molar-refractivity contribution in [1.29, 1.82) is 0 Å². The highest BCUT2D eigenvalue weighted by Gasteiger charge is 2.14. The van der Waals surface area contributed by atoms with Crippen molar-refractivity contribution in [3.63, 3.8) is 0 Å². The summed E-state index contributed by atoms with van der Waals surface area (Å²) in [6, 6.07) is 10.4. The van der Waals surface area contributed by atoms with Gasteiger partial charge in [-0.2, -0.15) is 0 Å². The van der Waals surface area contributed by atoms with E-state index in [1.807, 2.05) is 30.6 Å². The number of hydrogen-bond donors (Lipinski definition) is 1. The molecule has 1 aromatic carbocycles. The van der Waals surface area contributed by atoms with Gasteiger partial charge in [0.15, 0.2) is 0 Å². The van der Waals surface area contributed by atoms with Crippen molar-refractivity contribution in [2.45, 2.75) is 26.3 Å². The second-order valence-electron chi connectivity index (χ2n) is 4.64. The molecule has 0 aliphatic carbocycles. The van der Waals surface area contributed by atoms with Crippen LogP contribution in [0.5, 0.6) is 0 Å². The maximum absolute atomic E-state index is 6.26. The highest BCUT2D eigenvalue weighted by atomic mass is 35.5. The summed E-state index contributed by atoms with van der Waals surface area (Å²) >= 11 is 6.26. The molecule has 0 bridgehead atoms. The summed E-state index contributed by atoms with van der Waals surface area (Å²) in [5.74, 6) is 0. The summed E-state index contributed by atoms with van der Waals surface area (Å²) in [5.41, 5.74) is 3.67. The maximum Gasteiger partial charge on any atom is 0.0438 e. The predicted molar refractivity (Wildman–Crippen MR) is 80.5 cm³/mol. The largest absolute Gasteiger partial charge is 0.310 e. The summed E-state index contributed by atoms with van der Waals surface area (Å²) < 4.78 is 0. The molecular weight excluding hydrogens is 256 g/mol. The van der Waals surface area contributed by atoms with Crippen LogP contribution >= 0.6 is 11.6 Å². The van der Waals surface area contributed by atoms with Crippen LogP contribution in [0.25, 0.3) is 0 Å². The van der Waals surface area contributed by atoms with Gasteiger partial charge in [-0.25, -0.2) is 0 Å². The van der Waals surface area contributed by atoms with Gasteiger partial charge >= 0.3 is 0 Å². The average molecular weight is 275 g/mol. The molecule has 2 aromatic rings. The third kappa shape index (κ3) is 3.55. The van der Waals surface area contributed by atoms with Crippen LogP contribution in [0.2, 0.25) is 5.02 Å². The van der Waals surface area contributed by atoms with E-state index in [2.05, 4.69) is 36.3 Å². The van der Waals surface area contributed by atoms with Crippen molar-refractivity contribution >= 4 is 11.6 Å². The third-order valence-electron chi connectivity index (χ3n) is 3.27. The fourth-order valence-corrected chi connectivity index (χ4v) is 2.51. The van der Waals surface area contributed by atoms with E-state index in [0.717, 1.165) is 18.0 Å². The Kier molecular flexibility index (Phi) is 4.94. The molecule has 0 radical (unpaired) electrons. The molecule has 1 aromatic heterocycles. The number of aromatic nitrogens is 1. The fourth-order valence-electron chi connectivity index (χ4n) is 2.30. The Hall–Kier alpha value is -1.38. The summed E-state index contributed by atoms with van der Waals surface area (Å²) in [5, 5.41) is 4.36. The molecule has 1 atom stereocenters. The van der Waals surface area contributed by atoms with Crippen molar-refractivity contribution in [3.05, 3.63) is 64.4 Å². The molecule has 2 nitrogen and oxygen atoms in total. The molecule has 0 fully saturated rings. The van der Waals surface area contributed by atoms with Gasteiger partial charge in [0.25, 0.3) is 0 Å². The second-order valence-corrected chi connectivity index (χ2v) is 5.05. The number of hydrogen-bond acceptors (Lipinski definition) is 2. The van der Waals surface area contributed by atoms with E-state index in [1.165, 1.54) is 16.7 Å². The topological polar surface area (TPSA) is 24.9 Å². The molecule has 1 heterocycles. The lowest BCUT2D eigenvalue weighted by Crippen LogP contribution is -2.23. The minimum atomic E-state index is 0.271. The quantitative estimate of drug-likeness (QED) is 0.893. The first-order valence-electron chi connectivity index (χ1n) is 6.59. The van der Waals surface area contributed by atoms with Crippen LogP contribution in [0.4, 0.5) is 0 Å². The minimum absolute atomic E-state index is 0.271. The molecular formula is C16H19ClN2. The molecule has 2 rings (SSSR count). The highest BCUT2D eigenvalue weighted by molar-refractivity contribution is 6.31. The lowest BCUT2D eigenvalue weighted by atomic mass is 9.96. The first kappa shape index (κ1) is 14.0. The standard InChI is InChI=1S/C16H19ClN2/c1-3-19-16(14-8-9-18-11-12(14)2)10-13-6-4-5-7-15(13)17/h4-9,11,16,19H,3,10H2,1-2H3. The van der Waals surface area contributed by atoms with Crippen molar-refractivity contribution in [3.8, 4) is 0 Å². The Balaban J connectivity index is 2.27. The molecule has 3 heteroatoms. The molecule has 0 aliphatic heterocycles. The Morgan fingerprint density at radius 3 is 2.74 bits per heavy atom. The molecule has 0 saturated carbocycles. The SMILES string of the molecule is CCNC(Cc1ccccc1Cl)c1ccncc1C. The number of aryl methyl sites for hydroxylation is 1. The highest BCUT2D eigenvalue weighted by Crippen LogP contribution is 2.24. The molecule has 1 N–H and O–H groups in total. The van der Waals surface area contributed by atoms with Gasteiger partial charge < -0.3 is 5.32 Å². The number of pyridine rings is 1. The predicted octanol–water partition coefficient (Wildman–Crippen LogP) is 3.94. The zero-order chi connectivity index (χ0) is 13.7. The zero-order valence-corrected chi connectivity index (χ0v) is 12.1. The van der Waals surface area contributed by atoms with Gasteiger partial charge in [-0.1, -0.05) is 36.7 Å². The van der Waals surface area contributed by atoms with Gasteiger partial charge in [0, 0.05) is 23.5 Å². The van der Waals surface area contributed by atoms with Crippen LogP contribution in [0.1, 0.15) is 29.7 Å². The number of likely N-dealkylation sites (N-methyl/N-ethyl adjacent to an activating group) is 1. The van der Waals surface area contributed by atoms with Crippen molar-refractivity contribution in [2.24, 2.45) is 0 Å². The van der Waals surface area contributed by atoms with Gasteiger partial charge in [-0.15, -0.1) is 0 Å². The lowest BCUT2D eigenvalue weighted by Gasteiger charge is -2.20. The Labute approximate surface area is 119 Å². The molecule has 0 aliphatic rings. The van der Waals surface area contributed by atoms with Crippen LogP contribution in [-0.2, 0) is 6.42 Å². The van der Waals surface area contributed by atoms with E-state index in [0.29, 0.717) is 0 Å². The summed E-state index contributed by atoms with van der Waals surface area (Å²) in [4.78, 5) is 4.16. The van der Waals surface area contributed by atoms with E-state index in [9.17, 15) is 0 Å². The van der Waals surface area contributed by atoms with Crippen molar-refractivity contribution in [1.82, 2.24) is 10.3 Å². The third-order valence-corrected chi connectivity index (χ3v) is 3.64. The van der Waals surface area contributed by atoms with Crippen LogP contribution < -0.4 is 5.32 Å². The van der Waals surface area contributed by atoms with Crippen LogP contribution in [0.15, 0.2) is 42.7 Å². The smallest absolute Gasteiger partial charge is 0.0438 e. The van der Waals surface area contributed by atoms with Crippen LogP contribution in [0, 0.1) is 6.92 Å². The van der Waals surface area contributed by atoms with Crippen LogP contribution in [-0.4, -0.2) is 11.5 Å². The molecule has 0 amide bonds. The number of nitrogens with zero attached hydrogens (tertiary/aromatic N) is 1. The summed E-state index contributed by atoms with van der Waals surface area (Å²) in [7, 11) is 0. The van der Waals surface area contributed by atoms with E-state index >= 15 is 0 Å². The minimum Gasteiger partial charge on any atom is -0.310 e. The van der Waals surface area contributed by atoms with Gasteiger partial charge in [0.05, 0.1) is 0 Å². The summed E-state index contributed by atoms with van der Waals surface area (Å²) in [6.45, 7) is 5.15. The molecule has 19 heavy (non-hydrogen) atoms. The van der Waals surface area contributed by atoms with Gasteiger partial charge in [-0.05, 0) is 48.7 Å². The van der Waals surface area contributed by atoms with Gasteiger partial charge in [-0.3, -0.25) is 4.98 Å². The Morgan fingerprint density at radius 2 is 2.05 bits per heavy atom. The number of nitrogens with one attached hydrogen (secondary N) is 1. The number of rotatable bonds is 5. The zero-order valence-electron chi connectivity index (χ0n) is 11.4. The van der Waals surface area contributed by atoms with E-state index < -0.39 is 0 Å². The maximum atomic E-state index is 6.26. The number of benzene rings is 1. The van der Waals surface area contributed by atoms with E-state index in [4.69, 9.17) is 11.6 Å². The van der Waals surface area contributed by atoms with E-state index in [1.54, 1.807) is 0 Å². The van der Waals surface area contributed by atoms with E-state index in [-0.39, 0.29) is 6.04 Å². The Bertz CT molecular complexity index is 540. The van der Waals surface area contributed by atoms with Crippen molar-refractivity contribution < 1.29 is 0 Å². The average Bonchev–Trinajstić information content (AvgIpc) is 2.41. The normalized spacial score (nSPS) is 12.4. The fraction of sp³-hybridized carbons (Fsp3) is 0.312. The van der Waals surface area contributed by atoms with Crippen molar-refractivity contribution in [2.75, 3.05) is 6.54 Å². The van der Waals surface area contributed by atoms with Gasteiger partial charge in [0.2, 0.25) is 0 Å². The first-order chi connectivity index (χ1) is 9.22. The monoisotopic (exact) mass is 274 g/mol. The molecule has 0 spiro atoms. The van der Waals surface area contributed by atoms with Gasteiger partial charge in [0.1, 0.15) is 0 Å². The second kappa shape index (κ2) is 6.69. The Morgan fingerprint density at radius 1 is 1.26 bits per heavy atom. The summed E-state index contributed by atoms with van der Waals surface area (Å²) in [6.07, 6.45) is 4.64. The molecule has 1 unspecified atom stereocenters. The number of halogens is 1. The molecule has 100 valence electrons. The molecule has 0 saturated heterocycles.